The minimum atomic E-state index is -0.502. The SMILES string of the molecule is CO[C@H](CNC(=O)COc1ccccc1F)c1ccc(Cl)s1. The van der Waals surface area contributed by atoms with Gasteiger partial charge >= 0.3 is 0 Å². The molecule has 0 aliphatic rings. The molecule has 2 aromatic rings. The zero-order chi connectivity index (χ0) is 15.9. The van der Waals surface area contributed by atoms with E-state index in [1.165, 1.54) is 23.5 Å². The first-order chi connectivity index (χ1) is 10.6. The first kappa shape index (κ1) is 16.7. The van der Waals surface area contributed by atoms with Crippen LogP contribution in [-0.4, -0.2) is 26.2 Å². The Hall–Kier alpha value is -1.63. The van der Waals surface area contributed by atoms with Crippen molar-refractivity contribution >= 4 is 28.8 Å². The molecule has 0 saturated heterocycles. The van der Waals surface area contributed by atoms with Gasteiger partial charge in [-0.3, -0.25) is 4.79 Å². The highest BCUT2D eigenvalue weighted by atomic mass is 35.5. The van der Waals surface area contributed by atoms with E-state index in [0.717, 1.165) is 4.88 Å². The van der Waals surface area contributed by atoms with Crippen molar-refractivity contribution < 1.29 is 18.7 Å². The number of carbonyl (C=O) groups excluding carboxylic acids is 1. The van der Waals surface area contributed by atoms with Crippen molar-refractivity contribution in [3.05, 3.63) is 51.4 Å². The van der Waals surface area contributed by atoms with Crippen LogP contribution in [0.4, 0.5) is 4.39 Å². The van der Waals surface area contributed by atoms with Gasteiger partial charge in [-0.15, -0.1) is 11.3 Å². The summed E-state index contributed by atoms with van der Waals surface area (Å²) in [5.41, 5.74) is 0. The molecule has 1 aromatic carbocycles. The van der Waals surface area contributed by atoms with Crippen molar-refractivity contribution in [2.45, 2.75) is 6.10 Å². The fraction of sp³-hybridized carbons (Fsp3) is 0.267. The van der Waals surface area contributed by atoms with Gasteiger partial charge in [-0.2, -0.15) is 0 Å². The van der Waals surface area contributed by atoms with Gasteiger partial charge in [0.1, 0.15) is 6.10 Å². The van der Waals surface area contributed by atoms with Gasteiger partial charge in [0.05, 0.1) is 4.34 Å². The maximum Gasteiger partial charge on any atom is 0.258 e. The number of amides is 1. The molecule has 0 unspecified atom stereocenters. The normalized spacial score (nSPS) is 12.0. The van der Waals surface area contributed by atoms with Crippen molar-refractivity contribution in [2.75, 3.05) is 20.3 Å². The van der Waals surface area contributed by atoms with E-state index in [1.807, 2.05) is 6.07 Å². The average molecular weight is 344 g/mol. The summed E-state index contributed by atoms with van der Waals surface area (Å²) in [7, 11) is 1.56. The van der Waals surface area contributed by atoms with Gasteiger partial charge in [0.15, 0.2) is 18.2 Å². The van der Waals surface area contributed by atoms with Gasteiger partial charge < -0.3 is 14.8 Å². The van der Waals surface area contributed by atoms with Crippen molar-refractivity contribution in [3.8, 4) is 5.75 Å². The highest BCUT2D eigenvalue weighted by Crippen LogP contribution is 2.28. The van der Waals surface area contributed by atoms with E-state index in [-0.39, 0.29) is 30.9 Å². The van der Waals surface area contributed by atoms with Crippen molar-refractivity contribution in [2.24, 2.45) is 0 Å². The van der Waals surface area contributed by atoms with Gasteiger partial charge in [-0.05, 0) is 24.3 Å². The Morgan fingerprint density at radius 3 is 2.77 bits per heavy atom. The predicted molar refractivity (Wildman–Crippen MR) is 84.0 cm³/mol. The maximum atomic E-state index is 13.3. The lowest BCUT2D eigenvalue weighted by atomic mass is 10.3. The highest BCUT2D eigenvalue weighted by molar-refractivity contribution is 7.16. The monoisotopic (exact) mass is 343 g/mol. The number of carbonyl (C=O) groups is 1. The van der Waals surface area contributed by atoms with Crippen LogP contribution in [0, 0.1) is 5.82 Å². The molecule has 4 nitrogen and oxygen atoms in total. The molecule has 0 bridgehead atoms. The molecule has 1 atom stereocenters. The summed E-state index contributed by atoms with van der Waals surface area (Å²) in [6.07, 6.45) is -0.282. The lowest BCUT2D eigenvalue weighted by Crippen LogP contribution is -2.32. The summed E-state index contributed by atoms with van der Waals surface area (Å²) in [6, 6.07) is 9.55. The fourth-order valence-electron chi connectivity index (χ4n) is 1.76. The summed E-state index contributed by atoms with van der Waals surface area (Å²) < 4.78 is 24.4. The number of benzene rings is 1. The fourth-order valence-corrected chi connectivity index (χ4v) is 2.90. The number of rotatable bonds is 7. The van der Waals surface area contributed by atoms with Gasteiger partial charge in [0.2, 0.25) is 0 Å². The van der Waals surface area contributed by atoms with E-state index >= 15 is 0 Å². The molecule has 7 heteroatoms. The van der Waals surface area contributed by atoms with Crippen LogP contribution in [0.25, 0.3) is 0 Å². The van der Waals surface area contributed by atoms with Crippen molar-refractivity contribution in [3.63, 3.8) is 0 Å². The number of halogens is 2. The van der Waals surface area contributed by atoms with Gasteiger partial charge in [0.25, 0.3) is 5.91 Å². The second kappa shape index (κ2) is 8.12. The molecule has 0 spiro atoms. The molecule has 0 saturated carbocycles. The number of nitrogens with one attached hydrogen (secondary N) is 1. The number of hydrogen-bond donors (Lipinski definition) is 1. The Morgan fingerprint density at radius 1 is 1.36 bits per heavy atom. The Kier molecular flexibility index (Phi) is 6.18. The molecule has 118 valence electrons. The Morgan fingerprint density at radius 2 is 2.14 bits per heavy atom. The van der Waals surface area contributed by atoms with E-state index in [9.17, 15) is 9.18 Å². The molecule has 22 heavy (non-hydrogen) atoms. The number of para-hydroxylation sites is 1. The molecule has 0 radical (unpaired) electrons. The van der Waals surface area contributed by atoms with E-state index in [1.54, 1.807) is 25.3 Å². The molecule has 1 N–H and O–H groups in total. The van der Waals surface area contributed by atoms with Crippen LogP contribution in [0.2, 0.25) is 4.34 Å². The first-order valence-electron chi connectivity index (χ1n) is 6.52. The number of thiophene rings is 1. The van der Waals surface area contributed by atoms with Gasteiger partial charge in [-0.25, -0.2) is 4.39 Å². The molecule has 2 rings (SSSR count). The lowest BCUT2D eigenvalue weighted by molar-refractivity contribution is -0.123. The van der Waals surface area contributed by atoms with Crippen LogP contribution in [0.5, 0.6) is 5.75 Å². The van der Waals surface area contributed by atoms with Crippen LogP contribution in [0.3, 0.4) is 0 Å². The molecular formula is C15H15ClFNO3S. The van der Waals surface area contributed by atoms with Crippen molar-refractivity contribution in [1.29, 1.82) is 0 Å². The third-order valence-corrected chi connectivity index (χ3v) is 4.20. The first-order valence-corrected chi connectivity index (χ1v) is 7.71. The average Bonchev–Trinajstić information content (AvgIpc) is 2.93. The van der Waals surface area contributed by atoms with E-state index in [4.69, 9.17) is 21.1 Å². The number of methoxy groups -OCH3 is 1. The summed E-state index contributed by atoms with van der Waals surface area (Å²) in [4.78, 5) is 12.7. The Labute approximate surface area is 136 Å². The lowest BCUT2D eigenvalue weighted by Gasteiger charge is -2.14. The summed E-state index contributed by atoms with van der Waals surface area (Å²) in [5.74, 6) is -0.808. The molecule has 0 aliphatic carbocycles. The van der Waals surface area contributed by atoms with Crippen LogP contribution in [0.15, 0.2) is 36.4 Å². The predicted octanol–water partition coefficient (Wildman–Crippen LogP) is 3.42. The topological polar surface area (TPSA) is 47.6 Å². The van der Waals surface area contributed by atoms with Crippen LogP contribution < -0.4 is 10.1 Å². The second-order valence-corrected chi connectivity index (χ2v) is 6.14. The largest absolute Gasteiger partial charge is 0.481 e. The van der Waals surface area contributed by atoms with Crippen molar-refractivity contribution in [1.82, 2.24) is 5.32 Å². The highest BCUT2D eigenvalue weighted by Gasteiger charge is 2.14. The molecule has 1 aromatic heterocycles. The maximum absolute atomic E-state index is 13.3. The second-order valence-electron chi connectivity index (χ2n) is 4.39. The smallest absolute Gasteiger partial charge is 0.258 e. The van der Waals surface area contributed by atoms with Gasteiger partial charge in [0, 0.05) is 18.5 Å². The molecular weight excluding hydrogens is 329 g/mol. The number of hydrogen-bond acceptors (Lipinski definition) is 4. The van der Waals surface area contributed by atoms with Crippen LogP contribution in [-0.2, 0) is 9.53 Å². The Balaban J connectivity index is 1.81. The third-order valence-electron chi connectivity index (χ3n) is 2.88. The minimum absolute atomic E-state index is 0.0472. The van der Waals surface area contributed by atoms with Crippen LogP contribution in [0.1, 0.15) is 11.0 Å². The minimum Gasteiger partial charge on any atom is -0.481 e. The molecule has 0 fully saturated rings. The standard InChI is InChI=1S/C15H15ClFNO3S/c1-20-12(13-6-7-14(16)22-13)8-18-15(19)9-21-11-5-3-2-4-10(11)17/h2-7,12H,8-9H2,1H3,(H,18,19)/t12-/m1/s1. The third kappa shape index (κ3) is 4.69. The molecule has 0 aliphatic heterocycles. The van der Waals surface area contributed by atoms with E-state index in [0.29, 0.717) is 4.34 Å². The summed E-state index contributed by atoms with van der Waals surface area (Å²) in [6.45, 7) is 0.0232. The Bertz CT molecular complexity index is 635. The summed E-state index contributed by atoms with van der Waals surface area (Å²) >= 11 is 7.27. The van der Waals surface area contributed by atoms with Gasteiger partial charge in [-0.1, -0.05) is 23.7 Å². The summed E-state index contributed by atoms with van der Waals surface area (Å²) in [5, 5.41) is 2.68. The van der Waals surface area contributed by atoms with Crippen LogP contribution >= 0.6 is 22.9 Å². The number of ether oxygens (including phenoxy) is 2. The zero-order valence-corrected chi connectivity index (χ0v) is 13.4. The van der Waals surface area contributed by atoms with E-state index < -0.39 is 5.82 Å². The zero-order valence-electron chi connectivity index (χ0n) is 11.8. The quantitative estimate of drug-likeness (QED) is 0.838. The molecule has 1 heterocycles. The van der Waals surface area contributed by atoms with E-state index in [2.05, 4.69) is 5.32 Å². The molecule has 1 amide bonds.